The largest absolute Gasteiger partial charge is 0.326 e. The van der Waals surface area contributed by atoms with Gasteiger partial charge in [0.25, 0.3) is 0 Å². The third-order valence-corrected chi connectivity index (χ3v) is 4.20. The Hall–Kier alpha value is -1.31. The average Bonchev–Trinajstić information content (AvgIpc) is 2.42. The van der Waals surface area contributed by atoms with Gasteiger partial charge in [-0.25, -0.2) is 0 Å². The number of hydrogen-bond acceptors (Lipinski definition) is 1. The van der Waals surface area contributed by atoms with E-state index in [0.29, 0.717) is 12.3 Å². The second-order valence-corrected chi connectivity index (χ2v) is 5.72. The van der Waals surface area contributed by atoms with Crippen LogP contribution < -0.4 is 5.32 Å². The Kier molecular flexibility index (Phi) is 5.00. The van der Waals surface area contributed by atoms with Gasteiger partial charge >= 0.3 is 0 Å². The highest BCUT2D eigenvalue weighted by Gasteiger charge is 2.17. The summed E-state index contributed by atoms with van der Waals surface area (Å²) in [4.78, 5) is 12.2. The van der Waals surface area contributed by atoms with E-state index in [4.69, 9.17) is 0 Å². The number of aryl methyl sites for hydroxylation is 2. The zero-order valence-corrected chi connectivity index (χ0v) is 12.2. The summed E-state index contributed by atoms with van der Waals surface area (Å²) in [6, 6.07) is 6.23. The van der Waals surface area contributed by atoms with Gasteiger partial charge in [-0.05, 0) is 43.2 Å². The number of rotatable bonds is 4. The number of carbonyl (C=O) groups is 1. The molecule has 0 radical (unpaired) electrons. The maximum atomic E-state index is 12.2. The van der Waals surface area contributed by atoms with E-state index in [-0.39, 0.29) is 5.91 Å². The van der Waals surface area contributed by atoms with Crippen molar-refractivity contribution in [2.45, 2.75) is 58.8 Å². The first kappa shape index (κ1) is 14.1. The molecule has 0 heterocycles. The van der Waals surface area contributed by atoms with Crippen LogP contribution in [0.15, 0.2) is 18.2 Å². The Morgan fingerprint density at radius 1 is 1.26 bits per heavy atom. The Morgan fingerprint density at radius 3 is 2.68 bits per heavy atom. The molecule has 1 aliphatic rings. The first-order chi connectivity index (χ1) is 9.20. The van der Waals surface area contributed by atoms with E-state index in [1.807, 2.05) is 0 Å². The van der Waals surface area contributed by atoms with Crippen LogP contribution in [0.5, 0.6) is 0 Å². The van der Waals surface area contributed by atoms with E-state index in [1.54, 1.807) is 0 Å². The lowest BCUT2D eigenvalue weighted by Gasteiger charge is -2.21. The lowest BCUT2D eigenvalue weighted by Crippen LogP contribution is -2.19. The van der Waals surface area contributed by atoms with E-state index in [0.717, 1.165) is 17.7 Å². The highest BCUT2D eigenvalue weighted by molar-refractivity contribution is 5.92. The summed E-state index contributed by atoms with van der Waals surface area (Å²) in [5, 5.41) is 3.14. The predicted molar refractivity (Wildman–Crippen MR) is 80.4 cm³/mol. The fraction of sp³-hybridized carbons (Fsp3) is 0.588. The Labute approximate surface area is 116 Å². The van der Waals surface area contributed by atoms with Gasteiger partial charge < -0.3 is 5.32 Å². The summed E-state index contributed by atoms with van der Waals surface area (Å²) in [6.45, 7) is 4.20. The number of anilines is 1. The van der Waals surface area contributed by atoms with Crippen molar-refractivity contribution in [1.82, 2.24) is 0 Å². The summed E-state index contributed by atoms with van der Waals surface area (Å²) >= 11 is 0. The zero-order valence-electron chi connectivity index (χ0n) is 12.2. The molecule has 0 atom stereocenters. The van der Waals surface area contributed by atoms with E-state index in [1.165, 1.54) is 37.7 Å². The van der Waals surface area contributed by atoms with Gasteiger partial charge in [0, 0.05) is 12.1 Å². The minimum absolute atomic E-state index is 0.191. The second kappa shape index (κ2) is 6.74. The molecule has 0 spiro atoms. The molecule has 2 heteroatoms. The highest BCUT2D eigenvalue weighted by atomic mass is 16.1. The lowest BCUT2D eigenvalue weighted by atomic mass is 9.87. The van der Waals surface area contributed by atoms with Crippen molar-refractivity contribution in [1.29, 1.82) is 0 Å². The van der Waals surface area contributed by atoms with E-state index in [2.05, 4.69) is 37.4 Å². The topological polar surface area (TPSA) is 29.1 Å². The van der Waals surface area contributed by atoms with Gasteiger partial charge in [-0.1, -0.05) is 44.4 Å². The molecule has 0 aromatic heterocycles. The fourth-order valence-corrected chi connectivity index (χ4v) is 3.05. The van der Waals surface area contributed by atoms with Crippen molar-refractivity contribution in [2.24, 2.45) is 5.92 Å². The molecule has 2 rings (SSSR count). The van der Waals surface area contributed by atoms with Gasteiger partial charge in [-0.3, -0.25) is 4.79 Å². The third kappa shape index (κ3) is 3.82. The molecule has 104 valence electrons. The number of carbonyl (C=O) groups excluding carboxylic acids is 1. The third-order valence-electron chi connectivity index (χ3n) is 4.20. The number of benzene rings is 1. The van der Waals surface area contributed by atoms with Crippen LogP contribution in [0.25, 0.3) is 0 Å². The lowest BCUT2D eigenvalue weighted by molar-refractivity contribution is -0.117. The molecule has 1 N–H and O–H groups in total. The van der Waals surface area contributed by atoms with E-state index >= 15 is 0 Å². The maximum Gasteiger partial charge on any atom is 0.224 e. The molecule has 1 aliphatic carbocycles. The van der Waals surface area contributed by atoms with E-state index < -0.39 is 0 Å². The monoisotopic (exact) mass is 259 g/mol. The van der Waals surface area contributed by atoms with Crippen LogP contribution in [0.3, 0.4) is 0 Å². The summed E-state index contributed by atoms with van der Waals surface area (Å²) in [6.07, 6.45) is 8.03. The van der Waals surface area contributed by atoms with Crippen LogP contribution >= 0.6 is 0 Å². The van der Waals surface area contributed by atoms with Gasteiger partial charge in [0.2, 0.25) is 5.91 Å². The second-order valence-electron chi connectivity index (χ2n) is 5.72. The van der Waals surface area contributed by atoms with Crippen molar-refractivity contribution in [3.8, 4) is 0 Å². The number of amides is 1. The minimum Gasteiger partial charge on any atom is -0.326 e. The number of nitrogens with one attached hydrogen (secondary N) is 1. The average molecular weight is 259 g/mol. The van der Waals surface area contributed by atoms with Crippen LogP contribution in [0.1, 0.15) is 56.6 Å². The fourth-order valence-electron chi connectivity index (χ4n) is 3.05. The minimum atomic E-state index is 0.191. The Morgan fingerprint density at radius 2 is 2.00 bits per heavy atom. The molecule has 0 aliphatic heterocycles. The number of para-hydroxylation sites is 1. The first-order valence-corrected chi connectivity index (χ1v) is 7.59. The van der Waals surface area contributed by atoms with Gasteiger partial charge in [-0.2, -0.15) is 0 Å². The Bertz CT molecular complexity index is 433. The molecule has 0 bridgehead atoms. The molecule has 1 fully saturated rings. The van der Waals surface area contributed by atoms with Crippen molar-refractivity contribution < 1.29 is 4.79 Å². The molecule has 1 amide bonds. The van der Waals surface area contributed by atoms with Crippen molar-refractivity contribution >= 4 is 11.6 Å². The molecule has 1 saturated carbocycles. The zero-order chi connectivity index (χ0) is 13.7. The molecule has 1 aromatic rings. The van der Waals surface area contributed by atoms with E-state index in [9.17, 15) is 4.79 Å². The maximum absolute atomic E-state index is 12.2. The normalized spacial score (nSPS) is 16.3. The molecular weight excluding hydrogens is 234 g/mol. The molecule has 1 aromatic carbocycles. The molecular formula is C17H25NO. The predicted octanol–water partition coefficient (Wildman–Crippen LogP) is 4.47. The summed E-state index contributed by atoms with van der Waals surface area (Å²) < 4.78 is 0. The van der Waals surface area contributed by atoms with Crippen LogP contribution in [0.2, 0.25) is 0 Å². The SMILES string of the molecule is CCc1cccc(C)c1NC(=O)CC1CCCCC1. The van der Waals surface area contributed by atoms with Gasteiger partial charge in [0.15, 0.2) is 0 Å². The standard InChI is InChI=1S/C17H25NO/c1-3-15-11-7-8-13(2)17(15)18-16(19)12-14-9-5-4-6-10-14/h7-8,11,14H,3-6,9-10,12H2,1-2H3,(H,18,19). The van der Waals surface area contributed by atoms with Crippen molar-refractivity contribution in [2.75, 3.05) is 5.32 Å². The van der Waals surface area contributed by atoms with Crippen LogP contribution in [0.4, 0.5) is 5.69 Å². The van der Waals surface area contributed by atoms with Gasteiger partial charge in [-0.15, -0.1) is 0 Å². The molecule has 0 saturated heterocycles. The van der Waals surface area contributed by atoms with Gasteiger partial charge in [0.1, 0.15) is 0 Å². The quantitative estimate of drug-likeness (QED) is 0.849. The molecule has 0 unspecified atom stereocenters. The molecule has 19 heavy (non-hydrogen) atoms. The molecule has 2 nitrogen and oxygen atoms in total. The smallest absolute Gasteiger partial charge is 0.224 e. The van der Waals surface area contributed by atoms with Gasteiger partial charge in [0.05, 0.1) is 0 Å². The first-order valence-electron chi connectivity index (χ1n) is 7.59. The summed E-state index contributed by atoms with van der Waals surface area (Å²) in [5.74, 6) is 0.791. The highest BCUT2D eigenvalue weighted by Crippen LogP contribution is 2.27. The van der Waals surface area contributed by atoms with Crippen molar-refractivity contribution in [3.05, 3.63) is 29.3 Å². The van der Waals surface area contributed by atoms with Crippen LogP contribution in [0, 0.1) is 12.8 Å². The summed E-state index contributed by atoms with van der Waals surface area (Å²) in [5.41, 5.74) is 3.43. The van der Waals surface area contributed by atoms with Crippen LogP contribution in [-0.2, 0) is 11.2 Å². The Balaban J connectivity index is 1.98. The van der Waals surface area contributed by atoms with Crippen molar-refractivity contribution in [3.63, 3.8) is 0 Å². The van der Waals surface area contributed by atoms with Crippen LogP contribution in [-0.4, -0.2) is 5.91 Å². The summed E-state index contributed by atoms with van der Waals surface area (Å²) in [7, 11) is 0. The number of hydrogen-bond donors (Lipinski definition) is 1.